The molecule has 2 heterocycles. The third-order valence-electron chi connectivity index (χ3n) is 2.93. The zero-order valence-electron chi connectivity index (χ0n) is 8.88. The summed E-state index contributed by atoms with van der Waals surface area (Å²) in [6.45, 7) is 1.69. The minimum atomic E-state index is -0.126. The van der Waals surface area contributed by atoms with Crippen LogP contribution in [0, 0.1) is 0 Å². The Balaban J connectivity index is 2.24. The van der Waals surface area contributed by atoms with Gasteiger partial charge in [0.2, 0.25) is 0 Å². The average Bonchev–Trinajstić information content (AvgIpc) is 2.67. The molecule has 1 fully saturated rings. The summed E-state index contributed by atoms with van der Waals surface area (Å²) < 4.78 is 11.7. The Morgan fingerprint density at radius 1 is 1.53 bits per heavy atom. The van der Waals surface area contributed by atoms with Crippen molar-refractivity contribution >= 4 is 15.9 Å². The highest BCUT2D eigenvalue weighted by molar-refractivity contribution is 9.10. The molecule has 0 amide bonds. The first kappa shape index (κ1) is 11.2. The summed E-state index contributed by atoms with van der Waals surface area (Å²) in [5.41, 5.74) is -0.126. The van der Waals surface area contributed by atoms with Crippen molar-refractivity contribution in [3.63, 3.8) is 0 Å². The van der Waals surface area contributed by atoms with E-state index < -0.39 is 0 Å². The number of piperidine rings is 1. The summed E-state index contributed by atoms with van der Waals surface area (Å²) in [7, 11) is 1.73. The van der Waals surface area contributed by atoms with E-state index in [-0.39, 0.29) is 5.54 Å². The van der Waals surface area contributed by atoms with Crippen LogP contribution in [-0.2, 0) is 10.3 Å². The first-order chi connectivity index (χ1) is 7.27. The molecule has 2 rings (SSSR count). The lowest BCUT2D eigenvalue weighted by molar-refractivity contribution is 0.0726. The van der Waals surface area contributed by atoms with Crippen LogP contribution in [-0.4, -0.2) is 20.3 Å². The molecule has 1 saturated heterocycles. The topological polar surface area (TPSA) is 34.4 Å². The fraction of sp³-hybridized carbons (Fsp3) is 0.636. The van der Waals surface area contributed by atoms with Gasteiger partial charge in [-0.15, -0.1) is 0 Å². The molecule has 0 aliphatic carbocycles. The summed E-state index contributed by atoms with van der Waals surface area (Å²) in [6, 6.07) is 3.95. The lowest BCUT2D eigenvalue weighted by Gasteiger charge is -2.36. The van der Waals surface area contributed by atoms with Gasteiger partial charge in [-0.2, -0.15) is 0 Å². The van der Waals surface area contributed by atoms with E-state index in [2.05, 4.69) is 21.2 Å². The minimum Gasteiger partial charge on any atom is -0.452 e. The highest BCUT2D eigenvalue weighted by atomic mass is 79.9. The van der Waals surface area contributed by atoms with Crippen LogP contribution in [0.4, 0.5) is 0 Å². The standard InChI is InChI=1S/C11H16BrNO2/c1-14-8-11(6-2-3-7-13-11)9-4-5-10(12)15-9/h4-5,13H,2-3,6-8H2,1H3. The van der Waals surface area contributed by atoms with Crippen molar-refractivity contribution in [3.05, 3.63) is 22.6 Å². The number of methoxy groups -OCH3 is 1. The van der Waals surface area contributed by atoms with Gasteiger partial charge >= 0.3 is 0 Å². The smallest absolute Gasteiger partial charge is 0.169 e. The molecule has 0 radical (unpaired) electrons. The molecule has 4 heteroatoms. The molecular weight excluding hydrogens is 258 g/mol. The monoisotopic (exact) mass is 273 g/mol. The van der Waals surface area contributed by atoms with E-state index in [0.29, 0.717) is 6.61 Å². The number of hydrogen-bond acceptors (Lipinski definition) is 3. The zero-order valence-corrected chi connectivity index (χ0v) is 10.5. The van der Waals surface area contributed by atoms with Gasteiger partial charge in [-0.3, -0.25) is 0 Å². The largest absolute Gasteiger partial charge is 0.452 e. The maximum atomic E-state index is 5.65. The molecular formula is C11H16BrNO2. The molecule has 0 spiro atoms. The Labute approximate surface area is 98.3 Å². The highest BCUT2D eigenvalue weighted by Gasteiger charge is 2.36. The third-order valence-corrected chi connectivity index (χ3v) is 3.36. The van der Waals surface area contributed by atoms with Crippen LogP contribution in [0.25, 0.3) is 0 Å². The van der Waals surface area contributed by atoms with Gasteiger partial charge in [0.1, 0.15) is 11.3 Å². The quantitative estimate of drug-likeness (QED) is 0.920. The number of hydrogen-bond donors (Lipinski definition) is 1. The fourth-order valence-corrected chi connectivity index (χ4v) is 2.50. The second-order valence-corrected chi connectivity index (χ2v) is 4.78. The Bertz CT molecular complexity index is 313. The number of rotatable bonds is 3. The Kier molecular flexibility index (Phi) is 3.49. The second kappa shape index (κ2) is 4.68. The van der Waals surface area contributed by atoms with Gasteiger partial charge in [-0.05, 0) is 53.9 Å². The number of ether oxygens (including phenoxy) is 1. The number of halogens is 1. The second-order valence-electron chi connectivity index (χ2n) is 4.00. The van der Waals surface area contributed by atoms with E-state index in [1.54, 1.807) is 7.11 Å². The molecule has 1 aliphatic heterocycles. The predicted octanol–water partition coefficient (Wildman–Crippen LogP) is 2.66. The van der Waals surface area contributed by atoms with E-state index in [4.69, 9.17) is 9.15 Å². The first-order valence-corrected chi connectivity index (χ1v) is 6.06. The molecule has 1 N–H and O–H groups in total. The Morgan fingerprint density at radius 3 is 2.93 bits per heavy atom. The van der Waals surface area contributed by atoms with Gasteiger partial charge in [-0.1, -0.05) is 0 Å². The number of furan rings is 1. The van der Waals surface area contributed by atoms with Crippen LogP contribution in [0.5, 0.6) is 0 Å². The maximum Gasteiger partial charge on any atom is 0.169 e. The molecule has 1 aromatic heterocycles. The summed E-state index contributed by atoms with van der Waals surface area (Å²) in [6.07, 6.45) is 3.52. The van der Waals surface area contributed by atoms with Crippen molar-refractivity contribution in [1.29, 1.82) is 0 Å². The van der Waals surface area contributed by atoms with E-state index in [9.17, 15) is 0 Å². The predicted molar refractivity (Wildman–Crippen MR) is 61.8 cm³/mol. The molecule has 1 aliphatic rings. The summed E-state index contributed by atoms with van der Waals surface area (Å²) in [5, 5.41) is 3.52. The molecule has 1 aromatic rings. The van der Waals surface area contributed by atoms with Gasteiger partial charge < -0.3 is 14.5 Å². The van der Waals surface area contributed by atoms with Crippen LogP contribution in [0.1, 0.15) is 25.0 Å². The van der Waals surface area contributed by atoms with Crippen molar-refractivity contribution in [3.8, 4) is 0 Å². The summed E-state index contributed by atoms with van der Waals surface area (Å²) in [5.74, 6) is 0.968. The van der Waals surface area contributed by atoms with E-state index in [1.807, 2.05) is 12.1 Å². The SMILES string of the molecule is COCC1(c2ccc(Br)o2)CCCCN1. The molecule has 1 atom stereocenters. The van der Waals surface area contributed by atoms with E-state index in [1.165, 1.54) is 12.8 Å². The van der Waals surface area contributed by atoms with Gasteiger partial charge in [0, 0.05) is 7.11 Å². The summed E-state index contributed by atoms with van der Waals surface area (Å²) >= 11 is 3.34. The highest BCUT2D eigenvalue weighted by Crippen LogP contribution is 2.33. The van der Waals surface area contributed by atoms with Crippen molar-refractivity contribution in [2.75, 3.05) is 20.3 Å². The molecule has 0 aromatic carbocycles. The van der Waals surface area contributed by atoms with Crippen LogP contribution in [0.3, 0.4) is 0 Å². The van der Waals surface area contributed by atoms with Gasteiger partial charge in [0.05, 0.1) is 6.61 Å². The Morgan fingerprint density at radius 2 is 2.40 bits per heavy atom. The van der Waals surface area contributed by atoms with Gasteiger partial charge in [0.25, 0.3) is 0 Å². The van der Waals surface area contributed by atoms with Crippen LogP contribution in [0.2, 0.25) is 0 Å². The molecule has 3 nitrogen and oxygen atoms in total. The molecule has 84 valence electrons. The average molecular weight is 274 g/mol. The molecule has 1 unspecified atom stereocenters. The normalized spacial score (nSPS) is 26.8. The lowest BCUT2D eigenvalue weighted by atomic mass is 9.87. The van der Waals surface area contributed by atoms with Crippen molar-refractivity contribution in [1.82, 2.24) is 5.32 Å². The minimum absolute atomic E-state index is 0.126. The number of nitrogens with one attached hydrogen (secondary N) is 1. The van der Waals surface area contributed by atoms with E-state index in [0.717, 1.165) is 23.4 Å². The fourth-order valence-electron chi connectivity index (χ4n) is 2.19. The zero-order chi connectivity index (χ0) is 10.7. The van der Waals surface area contributed by atoms with Gasteiger partial charge in [-0.25, -0.2) is 0 Å². The van der Waals surface area contributed by atoms with Crippen molar-refractivity contribution in [2.45, 2.75) is 24.8 Å². The van der Waals surface area contributed by atoms with Crippen molar-refractivity contribution < 1.29 is 9.15 Å². The lowest BCUT2D eigenvalue weighted by Crippen LogP contribution is -2.48. The van der Waals surface area contributed by atoms with Crippen LogP contribution < -0.4 is 5.32 Å². The third kappa shape index (κ3) is 2.27. The van der Waals surface area contributed by atoms with Crippen LogP contribution >= 0.6 is 15.9 Å². The van der Waals surface area contributed by atoms with Crippen LogP contribution in [0.15, 0.2) is 21.2 Å². The first-order valence-electron chi connectivity index (χ1n) is 5.27. The molecule has 0 bridgehead atoms. The molecule has 15 heavy (non-hydrogen) atoms. The summed E-state index contributed by atoms with van der Waals surface area (Å²) in [4.78, 5) is 0. The molecule has 0 saturated carbocycles. The van der Waals surface area contributed by atoms with Crippen molar-refractivity contribution in [2.24, 2.45) is 0 Å². The Hall–Kier alpha value is -0.320. The van der Waals surface area contributed by atoms with E-state index >= 15 is 0 Å². The van der Waals surface area contributed by atoms with Gasteiger partial charge in [0.15, 0.2) is 4.67 Å². The maximum absolute atomic E-state index is 5.65.